The van der Waals surface area contributed by atoms with Crippen molar-refractivity contribution in [2.75, 3.05) is 19.5 Å². The van der Waals surface area contributed by atoms with Crippen molar-refractivity contribution in [3.05, 3.63) is 17.7 Å². The fourth-order valence-electron chi connectivity index (χ4n) is 1.36. The second-order valence-corrected chi connectivity index (χ2v) is 3.53. The number of carbonyl (C=O) groups is 2. The van der Waals surface area contributed by atoms with Crippen molar-refractivity contribution in [3.63, 3.8) is 0 Å². The molecule has 1 aromatic rings. The number of Topliss-reactive ketones (excluding diaryl/α,β-unsaturated/α-hetero) is 1. The van der Waals surface area contributed by atoms with Crippen LogP contribution in [0.2, 0.25) is 0 Å². The lowest BCUT2D eigenvalue weighted by Crippen LogP contribution is -2.20. The predicted octanol–water partition coefficient (Wildman–Crippen LogP) is 1.54. The maximum atomic E-state index is 11.3. The van der Waals surface area contributed by atoms with Gasteiger partial charge in [0.1, 0.15) is 11.5 Å². The number of rotatable bonds is 4. The lowest BCUT2D eigenvalue weighted by atomic mass is 10.2. The highest BCUT2D eigenvalue weighted by molar-refractivity contribution is 6.39. The van der Waals surface area contributed by atoms with Gasteiger partial charge in [-0.25, -0.2) is 0 Å². The van der Waals surface area contributed by atoms with E-state index in [2.05, 4.69) is 5.32 Å². The third kappa shape index (κ3) is 2.96. The summed E-state index contributed by atoms with van der Waals surface area (Å²) in [4.78, 5) is 22.2. The van der Waals surface area contributed by atoms with E-state index in [1.165, 1.54) is 21.1 Å². The first-order chi connectivity index (χ1) is 7.99. The minimum Gasteiger partial charge on any atom is -0.496 e. The Kier molecular flexibility index (Phi) is 4.09. The van der Waals surface area contributed by atoms with Crippen LogP contribution in [0.3, 0.4) is 0 Å². The van der Waals surface area contributed by atoms with E-state index in [9.17, 15) is 9.59 Å². The number of anilines is 1. The molecule has 0 radical (unpaired) electrons. The summed E-state index contributed by atoms with van der Waals surface area (Å²) in [6, 6.07) is 3.35. The van der Waals surface area contributed by atoms with Gasteiger partial charge in [-0.3, -0.25) is 9.59 Å². The summed E-state index contributed by atoms with van der Waals surface area (Å²) in [6.07, 6.45) is 0. The number of hydrogen-bond acceptors (Lipinski definition) is 4. The monoisotopic (exact) mass is 237 g/mol. The molecule has 1 aromatic carbocycles. The minimum atomic E-state index is -0.686. The van der Waals surface area contributed by atoms with E-state index in [-0.39, 0.29) is 0 Å². The van der Waals surface area contributed by atoms with Crippen LogP contribution in [0.1, 0.15) is 12.5 Å². The third-order valence-electron chi connectivity index (χ3n) is 2.28. The average molecular weight is 237 g/mol. The van der Waals surface area contributed by atoms with Gasteiger partial charge < -0.3 is 14.8 Å². The molecule has 1 amide bonds. The van der Waals surface area contributed by atoms with Crippen molar-refractivity contribution in [2.45, 2.75) is 13.8 Å². The average Bonchev–Trinajstić information content (AvgIpc) is 2.30. The van der Waals surface area contributed by atoms with Gasteiger partial charge in [-0.05, 0) is 18.6 Å². The SMILES string of the molecule is COc1cc(NC(=O)C(C)=O)c(OC)cc1C. The van der Waals surface area contributed by atoms with Crippen LogP contribution in [-0.4, -0.2) is 25.9 Å². The largest absolute Gasteiger partial charge is 0.496 e. The molecule has 5 nitrogen and oxygen atoms in total. The normalized spacial score (nSPS) is 9.65. The number of ketones is 1. The Morgan fingerprint density at radius 1 is 1.12 bits per heavy atom. The maximum Gasteiger partial charge on any atom is 0.291 e. The molecule has 0 atom stereocenters. The number of aryl methyl sites for hydroxylation is 1. The summed E-state index contributed by atoms with van der Waals surface area (Å²) in [6.45, 7) is 3.06. The highest BCUT2D eigenvalue weighted by Crippen LogP contribution is 2.32. The molecule has 1 rings (SSSR count). The summed E-state index contributed by atoms with van der Waals surface area (Å²) in [5.41, 5.74) is 1.29. The Balaban J connectivity index is 3.12. The van der Waals surface area contributed by atoms with Gasteiger partial charge in [-0.2, -0.15) is 0 Å². The van der Waals surface area contributed by atoms with Gasteiger partial charge in [0.15, 0.2) is 0 Å². The zero-order chi connectivity index (χ0) is 13.0. The molecular formula is C12H15NO4. The molecule has 0 saturated heterocycles. The summed E-state index contributed by atoms with van der Waals surface area (Å²) in [5.74, 6) is -0.150. The van der Waals surface area contributed by atoms with Crippen LogP contribution in [0, 0.1) is 6.92 Å². The number of benzene rings is 1. The molecule has 5 heteroatoms. The summed E-state index contributed by atoms with van der Waals surface area (Å²) < 4.78 is 10.3. The van der Waals surface area contributed by atoms with Crippen molar-refractivity contribution < 1.29 is 19.1 Å². The first-order valence-electron chi connectivity index (χ1n) is 5.04. The summed E-state index contributed by atoms with van der Waals surface area (Å²) in [5, 5.41) is 2.47. The van der Waals surface area contributed by atoms with Gasteiger partial charge in [0.25, 0.3) is 5.91 Å². The molecule has 0 bridgehead atoms. The van der Waals surface area contributed by atoms with E-state index in [0.717, 1.165) is 5.56 Å². The van der Waals surface area contributed by atoms with Gasteiger partial charge in [0, 0.05) is 13.0 Å². The Morgan fingerprint density at radius 2 is 1.71 bits per heavy atom. The van der Waals surface area contributed by atoms with Crippen molar-refractivity contribution in [2.24, 2.45) is 0 Å². The topological polar surface area (TPSA) is 64.6 Å². The fourth-order valence-corrected chi connectivity index (χ4v) is 1.36. The molecule has 0 aliphatic heterocycles. The molecule has 17 heavy (non-hydrogen) atoms. The Hall–Kier alpha value is -2.04. The Labute approximate surface area is 99.7 Å². The maximum absolute atomic E-state index is 11.3. The highest BCUT2D eigenvalue weighted by atomic mass is 16.5. The van der Waals surface area contributed by atoms with Crippen LogP contribution in [-0.2, 0) is 9.59 Å². The van der Waals surface area contributed by atoms with Crippen molar-refractivity contribution in [1.29, 1.82) is 0 Å². The van der Waals surface area contributed by atoms with Crippen LogP contribution in [0.4, 0.5) is 5.69 Å². The molecular weight excluding hydrogens is 222 g/mol. The smallest absolute Gasteiger partial charge is 0.291 e. The van der Waals surface area contributed by atoms with Crippen molar-refractivity contribution in [3.8, 4) is 11.5 Å². The molecule has 0 aliphatic rings. The van der Waals surface area contributed by atoms with E-state index in [1.54, 1.807) is 12.1 Å². The molecule has 0 saturated carbocycles. The van der Waals surface area contributed by atoms with Gasteiger partial charge >= 0.3 is 0 Å². The molecule has 0 aliphatic carbocycles. The van der Waals surface area contributed by atoms with Crippen LogP contribution < -0.4 is 14.8 Å². The van der Waals surface area contributed by atoms with Crippen LogP contribution in [0.5, 0.6) is 11.5 Å². The van der Waals surface area contributed by atoms with Gasteiger partial charge in [0.05, 0.1) is 19.9 Å². The van der Waals surface area contributed by atoms with Gasteiger partial charge in [-0.1, -0.05) is 0 Å². The van der Waals surface area contributed by atoms with E-state index >= 15 is 0 Å². The van der Waals surface area contributed by atoms with Gasteiger partial charge in [-0.15, -0.1) is 0 Å². The number of ether oxygens (including phenoxy) is 2. The zero-order valence-electron chi connectivity index (χ0n) is 10.3. The van der Waals surface area contributed by atoms with E-state index < -0.39 is 11.7 Å². The standard InChI is InChI=1S/C12H15NO4/c1-7-5-11(17-4)9(6-10(7)16-3)13-12(15)8(2)14/h5-6H,1-4H3,(H,13,15). The summed E-state index contributed by atoms with van der Waals surface area (Å²) >= 11 is 0. The minimum absolute atomic E-state index is 0.412. The van der Waals surface area contributed by atoms with Crippen molar-refractivity contribution >= 4 is 17.4 Å². The quantitative estimate of drug-likeness (QED) is 0.807. The van der Waals surface area contributed by atoms with E-state index in [0.29, 0.717) is 17.2 Å². The molecule has 0 heterocycles. The molecule has 0 spiro atoms. The van der Waals surface area contributed by atoms with Gasteiger partial charge in [0.2, 0.25) is 5.78 Å². The third-order valence-corrected chi connectivity index (χ3v) is 2.28. The van der Waals surface area contributed by atoms with Crippen LogP contribution in [0.25, 0.3) is 0 Å². The zero-order valence-corrected chi connectivity index (χ0v) is 10.3. The molecule has 92 valence electrons. The second kappa shape index (κ2) is 5.34. The molecule has 0 unspecified atom stereocenters. The number of hydrogen-bond donors (Lipinski definition) is 1. The molecule has 1 N–H and O–H groups in total. The lowest BCUT2D eigenvalue weighted by Gasteiger charge is -2.13. The number of carbonyl (C=O) groups excluding carboxylic acids is 2. The molecule has 0 aromatic heterocycles. The van der Waals surface area contributed by atoms with Crippen LogP contribution in [0.15, 0.2) is 12.1 Å². The van der Waals surface area contributed by atoms with Crippen LogP contribution >= 0.6 is 0 Å². The molecule has 0 fully saturated rings. The first-order valence-corrected chi connectivity index (χ1v) is 5.04. The lowest BCUT2D eigenvalue weighted by molar-refractivity contribution is -0.133. The van der Waals surface area contributed by atoms with Crippen molar-refractivity contribution in [1.82, 2.24) is 0 Å². The second-order valence-electron chi connectivity index (χ2n) is 3.53. The highest BCUT2D eigenvalue weighted by Gasteiger charge is 2.13. The first kappa shape index (κ1) is 13.0. The fraction of sp³-hybridized carbons (Fsp3) is 0.333. The number of amides is 1. The predicted molar refractivity (Wildman–Crippen MR) is 63.6 cm³/mol. The number of methoxy groups -OCH3 is 2. The van der Waals surface area contributed by atoms with E-state index in [1.807, 2.05) is 6.92 Å². The summed E-state index contributed by atoms with van der Waals surface area (Å²) in [7, 11) is 3.02. The number of nitrogens with one attached hydrogen (secondary N) is 1. The Bertz CT molecular complexity index is 454. The van der Waals surface area contributed by atoms with E-state index in [4.69, 9.17) is 9.47 Å². The Morgan fingerprint density at radius 3 is 2.18 bits per heavy atom.